The lowest BCUT2D eigenvalue weighted by molar-refractivity contribution is -0.384. The average Bonchev–Trinajstić information content (AvgIpc) is 2.61. The summed E-state index contributed by atoms with van der Waals surface area (Å²) in [5.41, 5.74) is -0.0499. The van der Waals surface area contributed by atoms with Crippen LogP contribution in [0, 0.1) is 10.1 Å². The van der Waals surface area contributed by atoms with Crippen LogP contribution in [0.25, 0.3) is 0 Å². The van der Waals surface area contributed by atoms with Crippen LogP contribution in [0.1, 0.15) is 10.4 Å². The summed E-state index contributed by atoms with van der Waals surface area (Å²) in [7, 11) is 0.266. The molecule has 1 amide bonds. The van der Waals surface area contributed by atoms with E-state index in [4.69, 9.17) is 16.3 Å². The number of hydrogen-bond acceptors (Lipinski definition) is 6. The molecule has 0 fully saturated rings. The van der Waals surface area contributed by atoms with Crippen molar-refractivity contribution < 1.29 is 22.9 Å². The summed E-state index contributed by atoms with van der Waals surface area (Å²) in [4.78, 5) is 22.4. The number of methoxy groups -OCH3 is 1. The zero-order valence-electron chi connectivity index (χ0n) is 14.6. The van der Waals surface area contributed by atoms with Crippen LogP contribution in [-0.4, -0.2) is 44.8 Å². The van der Waals surface area contributed by atoms with Crippen LogP contribution in [0.2, 0.25) is 5.02 Å². The van der Waals surface area contributed by atoms with Gasteiger partial charge in [0.1, 0.15) is 10.6 Å². The van der Waals surface area contributed by atoms with Gasteiger partial charge in [0.25, 0.3) is 11.6 Å². The number of hydrogen-bond donors (Lipinski definition) is 1. The summed E-state index contributed by atoms with van der Waals surface area (Å²) in [5, 5.41) is 13.2. The van der Waals surface area contributed by atoms with Crippen molar-refractivity contribution in [2.24, 2.45) is 0 Å². The third-order valence-corrected chi connectivity index (χ3v) is 5.74. The lowest BCUT2D eigenvalue weighted by atomic mass is 10.2. The highest BCUT2D eigenvalue weighted by atomic mass is 35.5. The van der Waals surface area contributed by atoms with Gasteiger partial charge in [-0.25, -0.2) is 12.7 Å². The Morgan fingerprint density at radius 3 is 2.41 bits per heavy atom. The largest absolute Gasteiger partial charge is 0.495 e. The maximum Gasteiger partial charge on any atom is 0.270 e. The second-order valence-electron chi connectivity index (χ2n) is 5.53. The zero-order valence-corrected chi connectivity index (χ0v) is 16.2. The van der Waals surface area contributed by atoms with E-state index in [9.17, 15) is 23.3 Å². The van der Waals surface area contributed by atoms with Crippen molar-refractivity contribution >= 4 is 38.9 Å². The molecule has 27 heavy (non-hydrogen) atoms. The Bertz CT molecular complexity index is 1010. The predicted octanol–water partition coefficient (Wildman–Crippen LogP) is 2.76. The van der Waals surface area contributed by atoms with Crippen molar-refractivity contribution in [1.29, 1.82) is 0 Å². The van der Waals surface area contributed by atoms with Gasteiger partial charge in [-0.3, -0.25) is 14.9 Å². The van der Waals surface area contributed by atoms with Gasteiger partial charge in [-0.15, -0.1) is 0 Å². The number of rotatable bonds is 6. The molecule has 0 atom stereocenters. The second kappa shape index (κ2) is 7.91. The summed E-state index contributed by atoms with van der Waals surface area (Å²) in [6.45, 7) is 0. The number of nitro groups is 1. The Balaban J connectivity index is 2.38. The van der Waals surface area contributed by atoms with Crippen molar-refractivity contribution in [1.82, 2.24) is 4.31 Å². The smallest absolute Gasteiger partial charge is 0.270 e. The molecule has 0 aromatic heterocycles. The summed E-state index contributed by atoms with van der Waals surface area (Å²) >= 11 is 5.94. The van der Waals surface area contributed by atoms with Crippen LogP contribution in [0.5, 0.6) is 5.75 Å². The summed E-state index contributed by atoms with van der Waals surface area (Å²) in [6, 6.07) is 7.56. The molecule has 0 heterocycles. The summed E-state index contributed by atoms with van der Waals surface area (Å²) in [5.74, 6) is -0.525. The first-order valence-corrected chi connectivity index (χ1v) is 9.25. The number of non-ortho nitro benzene ring substituents is 1. The van der Waals surface area contributed by atoms with Gasteiger partial charge in [0, 0.05) is 31.9 Å². The fraction of sp³-hybridized carbons (Fsp3) is 0.188. The van der Waals surface area contributed by atoms with Gasteiger partial charge in [0.05, 0.1) is 22.6 Å². The number of sulfonamides is 1. The minimum absolute atomic E-state index is 0.00935. The molecule has 0 unspecified atom stereocenters. The molecule has 0 aliphatic rings. The van der Waals surface area contributed by atoms with Crippen LogP contribution < -0.4 is 10.1 Å². The lowest BCUT2D eigenvalue weighted by Gasteiger charge is -2.16. The number of carbonyl (C=O) groups excluding carboxylic acids is 1. The first-order valence-electron chi connectivity index (χ1n) is 7.43. The molecule has 11 heteroatoms. The lowest BCUT2D eigenvalue weighted by Crippen LogP contribution is -2.23. The van der Waals surface area contributed by atoms with E-state index in [0.717, 1.165) is 16.4 Å². The van der Waals surface area contributed by atoms with Crippen LogP contribution in [0.3, 0.4) is 0 Å². The Kier molecular flexibility index (Phi) is 6.04. The molecule has 0 spiro atoms. The van der Waals surface area contributed by atoms with Gasteiger partial charge in [-0.2, -0.15) is 0 Å². The number of ether oxygens (including phenoxy) is 1. The van der Waals surface area contributed by atoms with E-state index in [1.54, 1.807) is 0 Å². The molecule has 2 aromatic carbocycles. The van der Waals surface area contributed by atoms with Gasteiger partial charge in [0.15, 0.2) is 0 Å². The normalized spacial score (nSPS) is 11.3. The Morgan fingerprint density at radius 2 is 1.89 bits per heavy atom. The maximum atomic E-state index is 12.4. The highest BCUT2D eigenvalue weighted by Gasteiger charge is 2.23. The van der Waals surface area contributed by atoms with Gasteiger partial charge >= 0.3 is 0 Å². The number of halogens is 1. The van der Waals surface area contributed by atoms with E-state index in [0.29, 0.717) is 0 Å². The standard InChI is InChI=1S/C16H16ClN3O6S/c1-19(2)27(24,25)15-8-10(4-7-14(15)26-3)18-16(21)12-6-5-11(20(22)23)9-13(12)17/h4-9H,1-3H3,(H,18,21). The molecule has 0 saturated heterocycles. The summed E-state index contributed by atoms with van der Waals surface area (Å²) < 4.78 is 30.9. The maximum absolute atomic E-state index is 12.4. The molecule has 0 bridgehead atoms. The molecule has 0 saturated carbocycles. The van der Waals surface area contributed by atoms with Gasteiger partial charge in [-0.1, -0.05) is 11.6 Å². The van der Waals surface area contributed by atoms with Crippen LogP contribution >= 0.6 is 11.6 Å². The average molecular weight is 414 g/mol. The molecular weight excluding hydrogens is 398 g/mol. The molecule has 0 aliphatic carbocycles. The molecule has 9 nitrogen and oxygen atoms in total. The van der Waals surface area contributed by atoms with Crippen molar-refractivity contribution in [3.8, 4) is 5.75 Å². The predicted molar refractivity (Wildman–Crippen MR) is 99.9 cm³/mol. The monoisotopic (exact) mass is 413 g/mol. The van der Waals surface area contributed by atoms with E-state index in [1.165, 1.54) is 45.5 Å². The molecule has 0 radical (unpaired) electrons. The first kappa shape index (κ1) is 20.6. The quantitative estimate of drug-likeness (QED) is 0.574. The third kappa shape index (κ3) is 4.35. The second-order valence-corrected chi connectivity index (χ2v) is 8.06. The highest BCUT2D eigenvalue weighted by Crippen LogP contribution is 2.29. The number of nitro benzene ring substituents is 1. The van der Waals surface area contributed by atoms with E-state index in [-0.39, 0.29) is 32.6 Å². The van der Waals surface area contributed by atoms with Gasteiger partial charge in [0.2, 0.25) is 10.0 Å². The minimum atomic E-state index is -3.81. The number of nitrogens with zero attached hydrogens (tertiary/aromatic N) is 2. The van der Waals surface area contributed by atoms with Crippen molar-refractivity contribution in [3.63, 3.8) is 0 Å². The van der Waals surface area contributed by atoms with E-state index in [1.807, 2.05) is 0 Å². The van der Waals surface area contributed by atoms with Crippen molar-refractivity contribution in [3.05, 3.63) is 57.1 Å². The highest BCUT2D eigenvalue weighted by molar-refractivity contribution is 7.89. The topological polar surface area (TPSA) is 119 Å². The third-order valence-electron chi connectivity index (χ3n) is 3.59. The number of carbonyl (C=O) groups is 1. The number of benzene rings is 2. The number of amides is 1. The molecule has 2 aromatic rings. The van der Waals surface area contributed by atoms with Gasteiger partial charge < -0.3 is 10.1 Å². The first-order chi connectivity index (χ1) is 12.6. The molecule has 1 N–H and O–H groups in total. The minimum Gasteiger partial charge on any atom is -0.495 e. The van der Waals surface area contributed by atoms with Crippen LogP contribution in [0.4, 0.5) is 11.4 Å². The fourth-order valence-electron chi connectivity index (χ4n) is 2.15. The Morgan fingerprint density at radius 1 is 1.22 bits per heavy atom. The van der Waals surface area contributed by atoms with E-state index in [2.05, 4.69) is 5.32 Å². The van der Waals surface area contributed by atoms with Crippen molar-refractivity contribution in [2.45, 2.75) is 4.90 Å². The molecule has 2 rings (SSSR count). The molecule has 0 aliphatic heterocycles. The fourth-order valence-corrected chi connectivity index (χ4v) is 3.49. The Labute approximate surface area is 160 Å². The van der Waals surface area contributed by atoms with E-state index < -0.39 is 20.9 Å². The summed E-state index contributed by atoms with van der Waals surface area (Å²) in [6.07, 6.45) is 0. The molecule has 144 valence electrons. The van der Waals surface area contributed by atoms with Gasteiger partial charge in [-0.05, 0) is 24.3 Å². The van der Waals surface area contributed by atoms with Crippen molar-refractivity contribution in [2.75, 3.05) is 26.5 Å². The van der Waals surface area contributed by atoms with Crippen LogP contribution in [0.15, 0.2) is 41.3 Å². The number of nitrogens with one attached hydrogen (secondary N) is 1. The van der Waals surface area contributed by atoms with E-state index >= 15 is 0 Å². The van der Waals surface area contributed by atoms with Crippen LogP contribution in [-0.2, 0) is 10.0 Å². The molecular formula is C16H16ClN3O6S. The SMILES string of the molecule is COc1ccc(NC(=O)c2ccc([N+](=O)[O-])cc2Cl)cc1S(=O)(=O)N(C)C. The number of anilines is 1. The zero-order chi connectivity index (χ0) is 20.4. The Hall–Kier alpha value is -2.69.